The van der Waals surface area contributed by atoms with Crippen molar-refractivity contribution in [2.75, 3.05) is 77.4 Å². The highest BCUT2D eigenvalue weighted by atomic mass is 16.6. The Balaban J connectivity index is 0.974. The first kappa shape index (κ1) is 37.4. The smallest absolute Gasteiger partial charge is 0.417 e. The third-order valence-corrected chi connectivity index (χ3v) is 11.4. The Morgan fingerprint density at radius 2 is 1.61 bits per heavy atom. The van der Waals surface area contributed by atoms with Gasteiger partial charge in [-0.15, -0.1) is 0 Å². The highest BCUT2D eigenvalue weighted by molar-refractivity contribution is 5.91. The second-order valence-corrected chi connectivity index (χ2v) is 14.8. The minimum absolute atomic E-state index is 0.0207. The van der Waals surface area contributed by atoms with Crippen molar-refractivity contribution in [1.29, 1.82) is 0 Å². The van der Waals surface area contributed by atoms with Gasteiger partial charge in [-0.3, -0.25) is 24.4 Å². The number of amides is 4. The number of ether oxygens (including phenoxy) is 2. The lowest BCUT2D eigenvalue weighted by molar-refractivity contribution is -0.144. The molecule has 2 N–H and O–H groups in total. The molecule has 54 heavy (non-hydrogen) atoms. The summed E-state index contributed by atoms with van der Waals surface area (Å²) in [4.78, 5) is 77.5. The van der Waals surface area contributed by atoms with E-state index < -0.39 is 18.0 Å². The standard InChI is InChI=1S/C39H51N7O8/c1-3-52-34(47)25-42-13-9-29(10-14-42)43-18-20-44(21-19-43)36(48)33(24-27-22-26(2)35-32(23-27)53-38(50)41-35)54-39(51)45-15-11-30(12-16-45)46-17-8-28-6-4-5-7-31(28)40-37(46)49/h4-7,22-23,29-30,33H,3,8-21,24-25H2,1-2H3,(H,40,49)(H,41,50)/t33-/m1/s1. The number of hydrogen-bond acceptors (Lipinski definition) is 10. The zero-order valence-electron chi connectivity index (χ0n) is 31.2. The van der Waals surface area contributed by atoms with Crippen LogP contribution in [-0.4, -0.2) is 144 Å². The number of urea groups is 1. The van der Waals surface area contributed by atoms with E-state index in [9.17, 15) is 24.0 Å². The molecule has 0 radical (unpaired) electrons. The fraction of sp³-hybridized carbons (Fsp3) is 0.564. The van der Waals surface area contributed by atoms with Crippen molar-refractivity contribution < 1.29 is 33.1 Å². The molecule has 290 valence electrons. The van der Waals surface area contributed by atoms with Gasteiger partial charge in [0.25, 0.3) is 5.91 Å². The Bertz CT molecular complexity index is 1890. The Labute approximate surface area is 314 Å². The predicted molar refractivity (Wildman–Crippen MR) is 200 cm³/mol. The van der Waals surface area contributed by atoms with E-state index in [-0.39, 0.29) is 30.4 Å². The molecule has 1 atom stereocenters. The van der Waals surface area contributed by atoms with Crippen LogP contribution >= 0.6 is 0 Å². The summed E-state index contributed by atoms with van der Waals surface area (Å²) in [6.45, 7) is 9.84. The van der Waals surface area contributed by atoms with Crippen molar-refractivity contribution in [3.63, 3.8) is 0 Å². The Morgan fingerprint density at radius 1 is 0.889 bits per heavy atom. The number of nitrogens with one attached hydrogen (secondary N) is 2. The number of anilines is 1. The largest absolute Gasteiger partial charge is 0.465 e. The molecule has 0 unspecified atom stereocenters. The summed E-state index contributed by atoms with van der Waals surface area (Å²) >= 11 is 0. The number of benzene rings is 2. The van der Waals surface area contributed by atoms with Crippen molar-refractivity contribution in [2.24, 2.45) is 0 Å². The van der Waals surface area contributed by atoms with Gasteiger partial charge >= 0.3 is 23.8 Å². The van der Waals surface area contributed by atoms with Gasteiger partial charge in [0.15, 0.2) is 11.7 Å². The van der Waals surface area contributed by atoms with E-state index in [0.29, 0.717) is 94.5 Å². The molecular formula is C39H51N7O8. The summed E-state index contributed by atoms with van der Waals surface area (Å²) in [6.07, 6.45) is 2.33. The number of likely N-dealkylation sites (tertiary alicyclic amines) is 2. The third-order valence-electron chi connectivity index (χ3n) is 11.4. The number of esters is 1. The monoisotopic (exact) mass is 745 g/mol. The lowest BCUT2D eigenvalue weighted by Gasteiger charge is -2.43. The number of oxazole rings is 1. The number of aromatic amines is 1. The van der Waals surface area contributed by atoms with Crippen LogP contribution in [0, 0.1) is 6.92 Å². The van der Waals surface area contributed by atoms with Crippen molar-refractivity contribution in [3.8, 4) is 0 Å². The van der Waals surface area contributed by atoms with Gasteiger partial charge in [-0.2, -0.15) is 0 Å². The Hall–Kier alpha value is -4.89. The zero-order chi connectivity index (χ0) is 37.8. The van der Waals surface area contributed by atoms with Crippen LogP contribution in [0.15, 0.2) is 45.6 Å². The number of carbonyl (C=O) groups excluding carboxylic acids is 4. The Morgan fingerprint density at radius 3 is 2.35 bits per heavy atom. The summed E-state index contributed by atoms with van der Waals surface area (Å²) in [6, 6.07) is 11.7. The number of H-pyrrole nitrogens is 1. The number of aromatic nitrogens is 1. The normalized spacial score (nSPS) is 20.0. The van der Waals surface area contributed by atoms with E-state index >= 15 is 0 Å². The van der Waals surface area contributed by atoms with Gasteiger partial charge in [-0.25, -0.2) is 14.4 Å². The minimum atomic E-state index is -1.08. The number of piperidine rings is 2. The molecule has 7 rings (SSSR count). The SMILES string of the molecule is CCOC(=O)CN1CCC(N2CCN(C(=O)[C@@H](Cc3cc(C)c4[nH]c(=O)oc4c3)OC(=O)N3CCC(N4CCc5ccccc5NC4=O)CC3)CC2)CC1. The van der Waals surface area contributed by atoms with Crippen LogP contribution in [0.2, 0.25) is 0 Å². The number of aryl methyl sites for hydroxylation is 1. The van der Waals surface area contributed by atoms with Gasteiger partial charge in [0.05, 0.1) is 18.7 Å². The molecule has 3 aromatic rings. The van der Waals surface area contributed by atoms with Crippen molar-refractivity contribution in [1.82, 2.24) is 29.5 Å². The van der Waals surface area contributed by atoms with Crippen LogP contribution in [0.1, 0.15) is 49.3 Å². The molecule has 0 saturated carbocycles. The minimum Gasteiger partial charge on any atom is -0.465 e. The van der Waals surface area contributed by atoms with E-state index in [1.165, 1.54) is 0 Å². The second kappa shape index (κ2) is 16.6. The third kappa shape index (κ3) is 8.57. The fourth-order valence-electron chi connectivity index (χ4n) is 8.44. The maximum atomic E-state index is 14.2. The quantitative estimate of drug-likeness (QED) is 0.312. The maximum absolute atomic E-state index is 14.2. The topological polar surface area (TPSA) is 161 Å². The fourth-order valence-corrected chi connectivity index (χ4v) is 8.44. The van der Waals surface area contributed by atoms with Crippen molar-refractivity contribution in [3.05, 3.63) is 63.6 Å². The van der Waals surface area contributed by atoms with Gasteiger partial charge in [0.2, 0.25) is 0 Å². The number of piperazine rings is 1. The van der Waals surface area contributed by atoms with E-state index in [4.69, 9.17) is 13.9 Å². The molecule has 15 heteroatoms. The van der Waals surface area contributed by atoms with Gasteiger partial charge in [-0.05, 0) is 74.8 Å². The second-order valence-electron chi connectivity index (χ2n) is 14.8. The average molecular weight is 746 g/mol. The molecule has 3 saturated heterocycles. The van der Waals surface area contributed by atoms with Gasteiger partial charge in [0, 0.05) is 83.1 Å². The average Bonchev–Trinajstić information content (AvgIpc) is 3.47. The summed E-state index contributed by atoms with van der Waals surface area (Å²) in [5.74, 6) is -1.00. The summed E-state index contributed by atoms with van der Waals surface area (Å²) in [5, 5.41) is 3.04. The van der Waals surface area contributed by atoms with Crippen LogP contribution in [0.25, 0.3) is 11.1 Å². The molecule has 4 amide bonds. The molecule has 15 nitrogen and oxygen atoms in total. The van der Waals surface area contributed by atoms with Gasteiger partial charge in [-0.1, -0.05) is 24.3 Å². The van der Waals surface area contributed by atoms with E-state index in [1.54, 1.807) is 15.9 Å². The predicted octanol–water partition coefficient (Wildman–Crippen LogP) is 3.20. The van der Waals surface area contributed by atoms with Crippen LogP contribution in [0.5, 0.6) is 0 Å². The number of carbonyl (C=O) groups is 4. The van der Waals surface area contributed by atoms with E-state index in [1.807, 2.05) is 49.1 Å². The highest BCUT2D eigenvalue weighted by Crippen LogP contribution is 2.26. The van der Waals surface area contributed by atoms with Crippen LogP contribution < -0.4 is 11.1 Å². The number of para-hydroxylation sites is 1. The molecule has 0 spiro atoms. The molecule has 3 fully saturated rings. The van der Waals surface area contributed by atoms with Gasteiger partial charge in [0.1, 0.15) is 0 Å². The van der Waals surface area contributed by atoms with E-state index in [2.05, 4.69) is 20.1 Å². The first-order valence-electron chi connectivity index (χ1n) is 19.3. The number of nitrogens with zero attached hydrogens (tertiary/aromatic N) is 5. The van der Waals surface area contributed by atoms with Crippen molar-refractivity contribution in [2.45, 2.75) is 70.6 Å². The van der Waals surface area contributed by atoms with Gasteiger partial charge < -0.3 is 33.9 Å². The molecule has 4 aliphatic heterocycles. The zero-order valence-corrected chi connectivity index (χ0v) is 31.2. The molecule has 4 aliphatic rings. The molecule has 2 aromatic carbocycles. The molecule has 5 heterocycles. The van der Waals surface area contributed by atoms with Crippen LogP contribution in [0.3, 0.4) is 0 Å². The summed E-state index contributed by atoms with van der Waals surface area (Å²) in [7, 11) is 0. The number of fused-ring (bicyclic) bond motifs is 2. The first-order chi connectivity index (χ1) is 26.1. The van der Waals surface area contributed by atoms with Crippen LogP contribution in [0.4, 0.5) is 15.3 Å². The molecule has 1 aromatic heterocycles. The number of hydrogen-bond donors (Lipinski definition) is 2. The lowest BCUT2D eigenvalue weighted by Crippen LogP contribution is -2.57. The van der Waals surface area contributed by atoms with Crippen LogP contribution in [-0.2, 0) is 31.9 Å². The summed E-state index contributed by atoms with van der Waals surface area (Å²) < 4.78 is 16.5. The first-order valence-corrected chi connectivity index (χ1v) is 19.3. The maximum Gasteiger partial charge on any atom is 0.417 e. The highest BCUT2D eigenvalue weighted by Gasteiger charge is 2.36. The molecule has 0 bridgehead atoms. The summed E-state index contributed by atoms with van der Waals surface area (Å²) in [5.41, 5.74) is 4.43. The molecule has 0 aliphatic carbocycles. The molecular weight excluding hydrogens is 694 g/mol. The Kier molecular flexibility index (Phi) is 11.5. The van der Waals surface area contributed by atoms with E-state index in [0.717, 1.165) is 49.2 Å². The van der Waals surface area contributed by atoms with Crippen molar-refractivity contribution >= 4 is 40.8 Å². The lowest BCUT2D eigenvalue weighted by atomic mass is 10.0. The number of rotatable bonds is 9.